The fourth-order valence-corrected chi connectivity index (χ4v) is 2.67. The number of carbonyl (C=O) groups is 1. The van der Waals surface area contributed by atoms with Crippen LogP contribution in [0.5, 0.6) is 0 Å². The molecule has 2 rings (SSSR count). The number of piperidine rings is 1. The Labute approximate surface area is 119 Å². The van der Waals surface area contributed by atoms with Crippen LogP contribution in [0.15, 0.2) is 16.7 Å². The van der Waals surface area contributed by atoms with Gasteiger partial charge in [-0.15, -0.1) is 0 Å². The number of hydrogen-bond donors (Lipinski definition) is 2. The number of carboxylic acids is 1. The van der Waals surface area contributed by atoms with Crippen molar-refractivity contribution in [1.82, 2.24) is 10.2 Å². The van der Waals surface area contributed by atoms with E-state index in [4.69, 9.17) is 9.52 Å². The molecule has 1 unspecified atom stereocenters. The molecule has 1 atom stereocenters. The van der Waals surface area contributed by atoms with Crippen molar-refractivity contribution in [3.8, 4) is 0 Å². The predicted octanol–water partition coefficient (Wildman–Crippen LogP) is 2.19. The maximum absolute atomic E-state index is 10.7. The number of likely N-dealkylation sites (tertiary alicyclic amines) is 1. The number of hydrogen-bond acceptors (Lipinski definition) is 4. The largest absolute Gasteiger partial charge is 0.478 e. The maximum Gasteiger partial charge on any atom is 0.338 e. The Morgan fingerprint density at radius 1 is 1.45 bits per heavy atom. The van der Waals surface area contributed by atoms with Crippen molar-refractivity contribution < 1.29 is 14.3 Å². The molecule has 0 saturated carbocycles. The quantitative estimate of drug-likeness (QED) is 0.801. The average molecular weight is 280 g/mol. The zero-order valence-electron chi connectivity index (χ0n) is 12.1. The third-order valence-electron chi connectivity index (χ3n) is 3.71. The van der Waals surface area contributed by atoms with E-state index in [0.29, 0.717) is 18.2 Å². The standard InChI is InChI=1S/C15H24N2O3/c1-12(10-17-5-3-2-4-6-17)8-16-9-14-7-13(11-20-14)15(18)19/h7,11-12,16H,2-6,8-10H2,1H3,(H,18,19). The molecule has 5 nitrogen and oxygen atoms in total. The Morgan fingerprint density at radius 2 is 2.20 bits per heavy atom. The smallest absolute Gasteiger partial charge is 0.338 e. The Morgan fingerprint density at radius 3 is 2.85 bits per heavy atom. The van der Waals surface area contributed by atoms with Crippen LogP contribution >= 0.6 is 0 Å². The van der Waals surface area contributed by atoms with Crippen LogP contribution in [0.1, 0.15) is 42.3 Å². The van der Waals surface area contributed by atoms with Gasteiger partial charge in [0.25, 0.3) is 0 Å². The second kappa shape index (κ2) is 7.45. The lowest BCUT2D eigenvalue weighted by Crippen LogP contribution is -2.36. The van der Waals surface area contributed by atoms with Gasteiger partial charge in [0.1, 0.15) is 12.0 Å². The lowest BCUT2D eigenvalue weighted by atomic mass is 10.1. The van der Waals surface area contributed by atoms with Crippen molar-refractivity contribution in [3.05, 3.63) is 23.7 Å². The molecule has 1 aromatic rings. The van der Waals surface area contributed by atoms with E-state index in [1.807, 2.05) is 0 Å². The summed E-state index contributed by atoms with van der Waals surface area (Å²) in [6.45, 7) is 7.32. The van der Waals surface area contributed by atoms with Crippen molar-refractivity contribution in [1.29, 1.82) is 0 Å². The molecule has 0 aliphatic carbocycles. The molecule has 0 bridgehead atoms. The lowest BCUT2D eigenvalue weighted by Gasteiger charge is -2.29. The van der Waals surface area contributed by atoms with Crippen LogP contribution in [-0.2, 0) is 6.54 Å². The number of furan rings is 1. The zero-order valence-corrected chi connectivity index (χ0v) is 12.1. The number of aromatic carboxylic acids is 1. The minimum atomic E-state index is -0.946. The number of nitrogens with one attached hydrogen (secondary N) is 1. The Hall–Kier alpha value is -1.33. The van der Waals surface area contributed by atoms with Gasteiger partial charge in [-0.3, -0.25) is 0 Å². The van der Waals surface area contributed by atoms with Crippen molar-refractivity contribution in [2.75, 3.05) is 26.2 Å². The summed E-state index contributed by atoms with van der Waals surface area (Å²) >= 11 is 0. The van der Waals surface area contributed by atoms with E-state index >= 15 is 0 Å². The van der Waals surface area contributed by atoms with Gasteiger partial charge in [0.15, 0.2) is 0 Å². The van der Waals surface area contributed by atoms with E-state index in [1.165, 1.54) is 38.6 Å². The summed E-state index contributed by atoms with van der Waals surface area (Å²) in [6, 6.07) is 1.57. The van der Waals surface area contributed by atoms with E-state index in [0.717, 1.165) is 13.1 Å². The van der Waals surface area contributed by atoms with Gasteiger partial charge in [0, 0.05) is 6.54 Å². The first-order valence-electron chi connectivity index (χ1n) is 7.39. The average Bonchev–Trinajstić information content (AvgIpc) is 2.89. The second-order valence-corrected chi connectivity index (χ2v) is 5.70. The summed E-state index contributed by atoms with van der Waals surface area (Å²) < 4.78 is 5.20. The Balaban J connectivity index is 1.65. The first kappa shape index (κ1) is 15.1. The zero-order chi connectivity index (χ0) is 14.4. The molecule has 1 saturated heterocycles. The number of rotatable bonds is 7. The molecular formula is C15H24N2O3. The molecule has 20 heavy (non-hydrogen) atoms. The fourth-order valence-electron chi connectivity index (χ4n) is 2.67. The summed E-state index contributed by atoms with van der Waals surface area (Å²) in [7, 11) is 0. The summed E-state index contributed by atoms with van der Waals surface area (Å²) in [4.78, 5) is 13.3. The van der Waals surface area contributed by atoms with Crippen LogP contribution in [0.4, 0.5) is 0 Å². The predicted molar refractivity (Wildman–Crippen MR) is 76.8 cm³/mol. The molecule has 1 aromatic heterocycles. The third kappa shape index (κ3) is 4.65. The lowest BCUT2D eigenvalue weighted by molar-refractivity contribution is 0.0696. The second-order valence-electron chi connectivity index (χ2n) is 5.70. The Kier molecular flexibility index (Phi) is 5.61. The van der Waals surface area contributed by atoms with Crippen LogP contribution < -0.4 is 5.32 Å². The molecule has 2 heterocycles. The van der Waals surface area contributed by atoms with Gasteiger partial charge < -0.3 is 19.7 Å². The topological polar surface area (TPSA) is 65.7 Å². The van der Waals surface area contributed by atoms with Gasteiger partial charge in [-0.1, -0.05) is 13.3 Å². The molecule has 1 aliphatic rings. The van der Waals surface area contributed by atoms with Crippen molar-refractivity contribution >= 4 is 5.97 Å². The van der Waals surface area contributed by atoms with E-state index in [9.17, 15) is 4.79 Å². The highest BCUT2D eigenvalue weighted by molar-refractivity contribution is 5.87. The summed E-state index contributed by atoms with van der Waals surface area (Å²) in [5.41, 5.74) is 0.211. The molecular weight excluding hydrogens is 256 g/mol. The molecule has 0 spiro atoms. The van der Waals surface area contributed by atoms with Gasteiger partial charge >= 0.3 is 5.97 Å². The molecule has 2 N–H and O–H groups in total. The summed E-state index contributed by atoms with van der Waals surface area (Å²) in [6.07, 6.45) is 5.30. The first-order valence-corrected chi connectivity index (χ1v) is 7.39. The SMILES string of the molecule is CC(CNCc1cc(C(=O)O)co1)CN1CCCCC1. The maximum atomic E-state index is 10.7. The van der Waals surface area contributed by atoms with E-state index in [2.05, 4.69) is 17.1 Å². The summed E-state index contributed by atoms with van der Waals surface area (Å²) in [5.74, 6) is 0.313. The molecule has 0 radical (unpaired) electrons. The summed E-state index contributed by atoms with van der Waals surface area (Å²) in [5, 5.41) is 12.1. The Bertz CT molecular complexity index is 425. The highest BCUT2D eigenvalue weighted by Gasteiger charge is 2.13. The van der Waals surface area contributed by atoms with Crippen molar-refractivity contribution in [2.45, 2.75) is 32.7 Å². The van der Waals surface area contributed by atoms with E-state index < -0.39 is 5.97 Å². The highest BCUT2D eigenvalue weighted by Crippen LogP contribution is 2.11. The van der Waals surface area contributed by atoms with Gasteiger partial charge in [0.05, 0.1) is 12.1 Å². The molecule has 5 heteroatoms. The van der Waals surface area contributed by atoms with Crippen LogP contribution in [0, 0.1) is 5.92 Å². The number of nitrogens with zero attached hydrogens (tertiary/aromatic N) is 1. The van der Waals surface area contributed by atoms with E-state index in [-0.39, 0.29) is 5.56 Å². The number of carboxylic acid groups (broad SMARTS) is 1. The van der Waals surface area contributed by atoms with Gasteiger partial charge in [0.2, 0.25) is 0 Å². The minimum Gasteiger partial charge on any atom is -0.478 e. The minimum absolute atomic E-state index is 0.211. The van der Waals surface area contributed by atoms with Crippen molar-refractivity contribution in [3.63, 3.8) is 0 Å². The van der Waals surface area contributed by atoms with Crippen LogP contribution in [0.25, 0.3) is 0 Å². The molecule has 1 aliphatic heterocycles. The van der Waals surface area contributed by atoms with Gasteiger partial charge in [-0.05, 0) is 44.5 Å². The molecule has 112 valence electrons. The fraction of sp³-hybridized carbons (Fsp3) is 0.667. The molecule has 1 fully saturated rings. The first-order chi connectivity index (χ1) is 9.65. The van der Waals surface area contributed by atoms with Gasteiger partial charge in [-0.25, -0.2) is 4.79 Å². The molecule has 0 aromatic carbocycles. The monoisotopic (exact) mass is 280 g/mol. The van der Waals surface area contributed by atoms with Crippen LogP contribution in [0.3, 0.4) is 0 Å². The van der Waals surface area contributed by atoms with Gasteiger partial charge in [-0.2, -0.15) is 0 Å². The molecule has 0 amide bonds. The van der Waals surface area contributed by atoms with Crippen LogP contribution in [0.2, 0.25) is 0 Å². The highest BCUT2D eigenvalue weighted by atomic mass is 16.4. The van der Waals surface area contributed by atoms with Crippen molar-refractivity contribution in [2.24, 2.45) is 5.92 Å². The van der Waals surface area contributed by atoms with Crippen LogP contribution in [-0.4, -0.2) is 42.2 Å². The van der Waals surface area contributed by atoms with E-state index in [1.54, 1.807) is 6.07 Å². The third-order valence-corrected chi connectivity index (χ3v) is 3.71. The normalized spacial score (nSPS) is 18.1.